The van der Waals surface area contributed by atoms with Crippen molar-refractivity contribution < 1.29 is 0 Å². The summed E-state index contributed by atoms with van der Waals surface area (Å²) in [5.74, 6) is 0.486. The second-order valence-corrected chi connectivity index (χ2v) is 4.71. The van der Waals surface area contributed by atoms with Gasteiger partial charge in [-0.3, -0.25) is 4.99 Å². The molecule has 0 heterocycles. The van der Waals surface area contributed by atoms with E-state index in [1.54, 1.807) is 6.08 Å². The number of aliphatic imine (C=N–C) groups is 1. The van der Waals surface area contributed by atoms with Gasteiger partial charge in [0.1, 0.15) is 0 Å². The van der Waals surface area contributed by atoms with E-state index in [9.17, 15) is 0 Å². The molecule has 0 aliphatic heterocycles. The molecule has 0 aliphatic carbocycles. The number of nitrogens with zero attached hydrogens (tertiary/aromatic N) is 1. The van der Waals surface area contributed by atoms with Crippen LogP contribution in [0.1, 0.15) is 34.6 Å². The topological polar surface area (TPSA) is 12.4 Å². The predicted molar refractivity (Wildman–Crippen MR) is 79.7 cm³/mol. The van der Waals surface area contributed by atoms with Crippen LogP contribution in [0.2, 0.25) is 0 Å². The van der Waals surface area contributed by atoms with E-state index in [2.05, 4.69) is 51.9 Å². The molecule has 0 aromatic rings. The van der Waals surface area contributed by atoms with Gasteiger partial charge >= 0.3 is 0 Å². The molecule has 1 heteroatoms. The standard InChI is InChI=1S/C16H25N/c1-8-9-13(4)11-17-16(7)15(6)10-14(5)12(2)3/h8-10,12H,1,5,11H2,2-4,6-7H3/b13-9+,15-10+,17-16?. The second kappa shape index (κ2) is 7.83. The molecule has 0 aromatic heterocycles. The number of rotatable bonds is 6. The summed E-state index contributed by atoms with van der Waals surface area (Å²) < 4.78 is 0. The van der Waals surface area contributed by atoms with Gasteiger partial charge in [-0.15, -0.1) is 0 Å². The fraction of sp³-hybridized carbons (Fsp3) is 0.438. The molecule has 0 bridgehead atoms. The molecule has 17 heavy (non-hydrogen) atoms. The minimum Gasteiger partial charge on any atom is -0.285 e. The highest BCUT2D eigenvalue weighted by atomic mass is 14.7. The van der Waals surface area contributed by atoms with Crippen molar-refractivity contribution in [1.82, 2.24) is 0 Å². The largest absolute Gasteiger partial charge is 0.285 e. The van der Waals surface area contributed by atoms with Crippen molar-refractivity contribution in [3.05, 3.63) is 48.1 Å². The lowest BCUT2D eigenvalue weighted by atomic mass is 10.0. The van der Waals surface area contributed by atoms with E-state index in [1.807, 2.05) is 13.0 Å². The van der Waals surface area contributed by atoms with Crippen LogP contribution in [0.15, 0.2) is 53.1 Å². The van der Waals surface area contributed by atoms with Crippen LogP contribution in [0.3, 0.4) is 0 Å². The third-order valence-corrected chi connectivity index (χ3v) is 2.68. The summed E-state index contributed by atoms with van der Waals surface area (Å²) in [7, 11) is 0. The maximum absolute atomic E-state index is 4.55. The quantitative estimate of drug-likeness (QED) is 0.462. The maximum atomic E-state index is 4.55. The Morgan fingerprint density at radius 2 is 1.82 bits per heavy atom. The van der Waals surface area contributed by atoms with Gasteiger partial charge in [-0.2, -0.15) is 0 Å². The van der Waals surface area contributed by atoms with Crippen LogP contribution in [0.25, 0.3) is 0 Å². The second-order valence-electron chi connectivity index (χ2n) is 4.71. The summed E-state index contributed by atoms with van der Waals surface area (Å²) in [5, 5.41) is 0. The summed E-state index contributed by atoms with van der Waals surface area (Å²) in [6.07, 6.45) is 5.91. The Kier molecular flexibility index (Phi) is 7.20. The van der Waals surface area contributed by atoms with Gasteiger partial charge in [0.2, 0.25) is 0 Å². The fourth-order valence-corrected chi connectivity index (χ4v) is 1.17. The lowest BCUT2D eigenvalue weighted by molar-refractivity contribution is 0.794. The molecule has 0 spiro atoms. The van der Waals surface area contributed by atoms with Crippen molar-refractivity contribution in [1.29, 1.82) is 0 Å². The van der Waals surface area contributed by atoms with E-state index in [1.165, 1.54) is 11.1 Å². The number of hydrogen-bond acceptors (Lipinski definition) is 1. The third kappa shape index (κ3) is 6.72. The van der Waals surface area contributed by atoms with Gasteiger partial charge in [-0.05, 0) is 32.3 Å². The molecule has 0 radical (unpaired) electrons. The van der Waals surface area contributed by atoms with Crippen LogP contribution < -0.4 is 0 Å². The van der Waals surface area contributed by atoms with Crippen molar-refractivity contribution in [3.63, 3.8) is 0 Å². The zero-order valence-corrected chi connectivity index (χ0v) is 11.9. The monoisotopic (exact) mass is 231 g/mol. The molecule has 0 N–H and O–H groups in total. The van der Waals surface area contributed by atoms with Crippen molar-refractivity contribution >= 4 is 5.71 Å². The number of allylic oxidation sites excluding steroid dienone is 5. The minimum atomic E-state index is 0.486. The van der Waals surface area contributed by atoms with Gasteiger partial charge in [0, 0.05) is 5.71 Å². The Hall–Kier alpha value is -1.37. The van der Waals surface area contributed by atoms with Crippen molar-refractivity contribution in [2.45, 2.75) is 34.6 Å². The first-order chi connectivity index (χ1) is 7.88. The van der Waals surface area contributed by atoms with Crippen LogP contribution >= 0.6 is 0 Å². The Balaban J connectivity index is 4.65. The summed E-state index contributed by atoms with van der Waals surface area (Å²) in [6, 6.07) is 0. The molecule has 0 atom stereocenters. The first-order valence-corrected chi connectivity index (χ1v) is 6.05. The minimum absolute atomic E-state index is 0.486. The van der Waals surface area contributed by atoms with Crippen LogP contribution in [0.5, 0.6) is 0 Å². The normalized spacial score (nSPS) is 14.1. The molecule has 0 unspecified atom stereocenters. The zero-order chi connectivity index (χ0) is 13.4. The molecule has 0 amide bonds. The van der Waals surface area contributed by atoms with Crippen molar-refractivity contribution in [2.24, 2.45) is 10.9 Å². The van der Waals surface area contributed by atoms with E-state index >= 15 is 0 Å². The first kappa shape index (κ1) is 15.6. The Bertz CT molecular complexity index is 365. The molecular formula is C16H25N. The Labute approximate surface area is 106 Å². The zero-order valence-electron chi connectivity index (χ0n) is 11.9. The summed E-state index contributed by atoms with van der Waals surface area (Å²) in [6.45, 7) is 18.9. The highest BCUT2D eigenvalue weighted by Gasteiger charge is 2.00. The smallest absolute Gasteiger partial charge is 0.0603 e. The molecule has 0 aliphatic rings. The highest BCUT2D eigenvalue weighted by molar-refractivity contribution is 5.98. The van der Waals surface area contributed by atoms with Gasteiger partial charge in [0.25, 0.3) is 0 Å². The summed E-state index contributed by atoms with van der Waals surface area (Å²) in [5.41, 5.74) is 4.63. The molecule has 0 rings (SSSR count). The number of hydrogen-bond donors (Lipinski definition) is 0. The highest BCUT2D eigenvalue weighted by Crippen LogP contribution is 2.11. The molecule has 0 fully saturated rings. The van der Waals surface area contributed by atoms with E-state index < -0.39 is 0 Å². The van der Waals surface area contributed by atoms with Gasteiger partial charge in [-0.1, -0.05) is 56.4 Å². The lowest BCUT2D eigenvalue weighted by Crippen LogP contribution is -1.98. The SMILES string of the molecule is C=C/C=C(\C)CN=C(C)/C(C)=C/C(=C)C(C)C. The first-order valence-electron chi connectivity index (χ1n) is 6.05. The van der Waals surface area contributed by atoms with Crippen LogP contribution in [0, 0.1) is 5.92 Å². The van der Waals surface area contributed by atoms with E-state index in [-0.39, 0.29) is 0 Å². The fourth-order valence-electron chi connectivity index (χ4n) is 1.17. The maximum Gasteiger partial charge on any atom is 0.0603 e. The third-order valence-electron chi connectivity index (χ3n) is 2.68. The van der Waals surface area contributed by atoms with Gasteiger partial charge in [0.05, 0.1) is 6.54 Å². The predicted octanol–water partition coefficient (Wildman–Crippen LogP) is 4.74. The summed E-state index contributed by atoms with van der Waals surface area (Å²) in [4.78, 5) is 4.55. The van der Waals surface area contributed by atoms with E-state index in [0.29, 0.717) is 5.92 Å². The molecule has 0 saturated carbocycles. The van der Waals surface area contributed by atoms with Crippen LogP contribution in [-0.2, 0) is 0 Å². The molecule has 0 aromatic carbocycles. The Morgan fingerprint density at radius 1 is 1.24 bits per heavy atom. The van der Waals surface area contributed by atoms with Crippen molar-refractivity contribution in [3.8, 4) is 0 Å². The molecule has 0 saturated heterocycles. The molecule has 1 nitrogen and oxygen atoms in total. The van der Waals surface area contributed by atoms with Crippen LogP contribution in [-0.4, -0.2) is 12.3 Å². The average molecular weight is 231 g/mol. The Morgan fingerprint density at radius 3 is 2.29 bits per heavy atom. The molecular weight excluding hydrogens is 206 g/mol. The lowest BCUT2D eigenvalue weighted by Gasteiger charge is -2.07. The average Bonchev–Trinajstić information content (AvgIpc) is 2.25. The van der Waals surface area contributed by atoms with Crippen LogP contribution in [0.4, 0.5) is 0 Å². The molecule has 94 valence electrons. The van der Waals surface area contributed by atoms with Crippen molar-refractivity contribution in [2.75, 3.05) is 6.54 Å². The van der Waals surface area contributed by atoms with E-state index in [0.717, 1.165) is 17.8 Å². The van der Waals surface area contributed by atoms with Gasteiger partial charge in [0.15, 0.2) is 0 Å². The summed E-state index contributed by atoms with van der Waals surface area (Å²) >= 11 is 0. The van der Waals surface area contributed by atoms with Gasteiger partial charge in [-0.25, -0.2) is 0 Å². The van der Waals surface area contributed by atoms with E-state index in [4.69, 9.17) is 0 Å². The van der Waals surface area contributed by atoms with Gasteiger partial charge < -0.3 is 0 Å².